The molecular weight excluding hydrogens is 358 g/mol. The summed E-state index contributed by atoms with van der Waals surface area (Å²) in [5, 5.41) is 4.05. The van der Waals surface area contributed by atoms with Crippen LogP contribution < -0.4 is 10.1 Å². The van der Waals surface area contributed by atoms with E-state index in [9.17, 15) is 4.79 Å². The lowest BCUT2D eigenvalue weighted by atomic mass is 10.3. The second kappa shape index (κ2) is 8.09. The van der Waals surface area contributed by atoms with E-state index in [0.29, 0.717) is 10.7 Å². The third kappa shape index (κ3) is 4.35. The molecule has 5 nitrogen and oxygen atoms in total. The van der Waals surface area contributed by atoms with Crippen LogP contribution in [0.15, 0.2) is 66.1 Å². The number of amides is 1. The van der Waals surface area contributed by atoms with Crippen LogP contribution in [0.3, 0.4) is 0 Å². The average Bonchev–Trinajstić information content (AvgIpc) is 3.10. The number of carbonyl (C=O) groups excluding carboxylic acids is 1. The van der Waals surface area contributed by atoms with E-state index in [1.54, 1.807) is 25.4 Å². The van der Waals surface area contributed by atoms with Crippen molar-refractivity contribution in [2.75, 3.05) is 18.2 Å². The van der Waals surface area contributed by atoms with Crippen LogP contribution in [0, 0.1) is 0 Å². The number of imidazole rings is 1. The summed E-state index contributed by atoms with van der Waals surface area (Å²) >= 11 is 7.41. The van der Waals surface area contributed by atoms with Crippen LogP contribution in [-0.4, -0.2) is 28.3 Å². The minimum Gasteiger partial charge on any atom is -0.497 e. The number of nitrogens with zero attached hydrogens (tertiary/aromatic N) is 2. The van der Waals surface area contributed by atoms with Crippen molar-refractivity contribution in [3.8, 4) is 11.4 Å². The van der Waals surface area contributed by atoms with E-state index < -0.39 is 0 Å². The molecule has 0 aliphatic rings. The van der Waals surface area contributed by atoms with Gasteiger partial charge in [-0.3, -0.25) is 9.36 Å². The highest BCUT2D eigenvalue weighted by Crippen LogP contribution is 2.24. The Balaban J connectivity index is 1.65. The largest absolute Gasteiger partial charge is 0.497 e. The topological polar surface area (TPSA) is 56.2 Å². The first-order chi connectivity index (χ1) is 12.2. The van der Waals surface area contributed by atoms with Gasteiger partial charge in [-0.1, -0.05) is 35.5 Å². The molecule has 1 amide bonds. The number of thioether (sulfide) groups is 1. The first-order valence-electron chi connectivity index (χ1n) is 7.52. The van der Waals surface area contributed by atoms with Crippen LogP contribution in [0.2, 0.25) is 5.02 Å². The van der Waals surface area contributed by atoms with Crippen molar-refractivity contribution in [3.63, 3.8) is 0 Å². The lowest BCUT2D eigenvalue weighted by molar-refractivity contribution is -0.113. The molecule has 2 aromatic carbocycles. The summed E-state index contributed by atoms with van der Waals surface area (Å²) in [6.45, 7) is 0. The second-order valence-corrected chi connectivity index (χ2v) is 6.44. The van der Waals surface area contributed by atoms with Crippen LogP contribution in [0.25, 0.3) is 5.69 Å². The Morgan fingerprint density at radius 3 is 2.72 bits per heavy atom. The maximum Gasteiger partial charge on any atom is 0.234 e. The van der Waals surface area contributed by atoms with Crippen LogP contribution >= 0.6 is 23.4 Å². The van der Waals surface area contributed by atoms with Gasteiger partial charge in [-0.25, -0.2) is 4.98 Å². The highest BCUT2D eigenvalue weighted by Gasteiger charge is 2.10. The molecule has 0 saturated carbocycles. The number of aromatic nitrogens is 2. The van der Waals surface area contributed by atoms with E-state index >= 15 is 0 Å². The molecule has 0 fully saturated rings. The van der Waals surface area contributed by atoms with Gasteiger partial charge in [-0.05, 0) is 36.4 Å². The van der Waals surface area contributed by atoms with Crippen molar-refractivity contribution in [1.29, 1.82) is 0 Å². The van der Waals surface area contributed by atoms with Crippen LogP contribution in [0.1, 0.15) is 0 Å². The summed E-state index contributed by atoms with van der Waals surface area (Å²) in [5.41, 5.74) is 1.56. The summed E-state index contributed by atoms with van der Waals surface area (Å²) in [7, 11) is 1.63. The Kier molecular flexibility index (Phi) is 5.63. The molecular formula is C18H16ClN3O2S. The number of carbonyl (C=O) groups is 1. The zero-order valence-corrected chi connectivity index (χ0v) is 15.1. The third-order valence-corrected chi connectivity index (χ3v) is 4.73. The minimum atomic E-state index is -0.137. The molecule has 25 heavy (non-hydrogen) atoms. The Morgan fingerprint density at radius 2 is 2.00 bits per heavy atom. The van der Waals surface area contributed by atoms with Crippen molar-refractivity contribution < 1.29 is 9.53 Å². The summed E-state index contributed by atoms with van der Waals surface area (Å²) < 4.78 is 7.09. The number of rotatable bonds is 6. The quantitative estimate of drug-likeness (QED) is 0.656. The fraction of sp³-hybridized carbons (Fsp3) is 0.111. The number of benzene rings is 2. The zero-order valence-electron chi connectivity index (χ0n) is 13.5. The maximum absolute atomic E-state index is 12.1. The van der Waals surface area contributed by atoms with E-state index in [1.807, 2.05) is 47.2 Å². The number of anilines is 1. The molecule has 1 aromatic heterocycles. The van der Waals surface area contributed by atoms with Crippen LogP contribution in [0.4, 0.5) is 5.69 Å². The van der Waals surface area contributed by atoms with Gasteiger partial charge in [0.05, 0.1) is 23.6 Å². The van der Waals surface area contributed by atoms with E-state index in [2.05, 4.69) is 10.3 Å². The average molecular weight is 374 g/mol. The number of para-hydroxylation sites is 1. The molecule has 3 aromatic rings. The molecule has 0 saturated heterocycles. The SMILES string of the molecule is COc1ccc(-n2ccnc2SCC(=O)Nc2ccccc2Cl)cc1. The first-order valence-corrected chi connectivity index (χ1v) is 8.88. The van der Waals surface area contributed by atoms with E-state index in [1.165, 1.54) is 11.8 Å². The molecule has 7 heteroatoms. The van der Waals surface area contributed by atoms with E-state index in [-0.39, 0.29) is 11.7 Å². The zero-order chi connectivity index (χ0) is 17.6. The summed E-state index contributed by atoms with van der Waals surface area (Å²) in [6.07, 6.45) is 3.56. The minimum absolute atomic E-state index is 0.137. The van der Waals surface area contributed by atoms with Gasteiger partial charge in [0, 0.05) is 18.1 Å². The van der Waals surface area contributed by atoms with Crippen LogP contribution in [0.5, 0.6) is 5.75 Å². The van der Waals surface area contributed by atoms with Crippen molar-refractivity contribution >= 4 is 35.0 Å². The van der Waals surface area contributed by atoms with Crippen molar-refractivity contribution in [2.24, 2.45) is 0 Å². The van der Waals surface area contributed by atoms with Gasteiger partial charge in [0.1, 0.15) is 5.75 Å². The summed E-state index contributed by atoms with van der Waals surface area (Å²) in [5.74, 6) is 0.887. The summed E-state index contributed by atoms with van der Waals surface area (Å²) in [6, 6.07) is 14.8. The number of halogens is 1. The van der Waals surface area contributed by atoms with E-state index in [0.717, 1.165) is 16.6 Å². The molecule has 0 aliphatic heterocycles. The fourth-order valence-electron chi connectivity index (χ4n) is 2.21. The molecule has 0 aliphatic carbocycles. The normalized spacial score (nSPS) is 10.5. The summed E-state index contributed by atoms with van der Waals surface area (Å²) in [4.78, 5) is 16.5. The Morgan fingerprint density at radius 1 is 1.24 bits per heavy atom. The fourth-order valence-corrected chi connectivity index (χ4v) is 3.17. The van der Waals surface area contributed by atoms with Gasteiger partial charge in [0.2, 0.25) is 5.91 Å². The smallest absolute Gasteiger partial charge is 0.234 e. The van der Waals surface area contributed by atoms with Gasteiger partial charge >= 0.3 is 0 Å². The second-order valence-electron chi connectivity index (χ2n) is 5.09. The monoisotopic (exact) mass is 373 g/mol. The lowest BCUT2D eigenvalue weighted by Crippen LogP contribution is -2.14. The van der Waals surface area contributed by atoms with Gasteiger partial charge < -0.3 is 10.1 Å². The first kappa shape index (κ1) is 17.4. The number of hydrogen-bond donors (Lipinski definition) is 1. The maximum atomic E-state index is 12.1. The molecule has 1 N–H and O–H groups in total. The van der Waals surface area contributed by atoms with Crippen molar-refractivity contribution in [3.05, 3.63) is 65.9 Å². The molecule has 0 atom stereocenters. The van der Waals surface area contributed by atoms with Gasteiger partial charge in [0.25, 0.3) is 0 Å². The predicted octanol–water partition coefficient (Wildman–Crippen LogP) is 4.27. The highest BCUT2D eigenvalue weighted by molar-refractivity contribution is 7.99. The molecule has 0 radical (unpaired) electrons. The van der Waals surface area contributed by atoms with Crippen molar-refractivity contribution in [2.45, 2.75) is 5.16 Å². The number of ether oxygens (including phenoxy) is 1. The molecule has 0 bridgehead atoms. The van der Waals surface area contributed by atoms with Crippen molar-refractivity contribution in [1.82, 2.24) is 9.55 Å². The van der Waals surface area contributed by atoms with E-state index in [4.69, 9.17) is 16.3 Å². The molecule has 128 valence electrons. The molecule has 1 heterocycles. The van der Waals surface area contributed by atoms with Gasteiger partial charge in [-0.2, -0.15) is 0 Å². The number of nitrogens with one attached hydrogen (secondary N) is 1. The third-order valence-electron chi connectivity index (χ3n) is 3.44. The van der Waals surface area contributed by atoms with Gasteiger partial charge in [0.15, 0.2) is 5.16 Å². The van der Waals surface area contributed by atoms with Crippen LogP contribution in [-0.2, 0) is 4.79 Å². The Labute approximate surface area is 155 Å². The molecule has 0 unspecified atom stereocenters. The Hall–Kier alpha value is -2.44. The highest BCUT2D eigenvalue weighted by atomic mass is 35.5. The lowest BCUT2D eigenvalue weighted by Gasteiger charge is -2.09. The van der Waals surface area contributed by atoms with Gasteiger partial charge in [-0.15, -0.1) is 0 Å². The Bertz CT molecular complexity index is 865. The molecule has 0 spiro atoms. The predicted molar refractivity (Wildman–Crippen MR) is 101 cm³/mol. The molecule has 3 rings (SSSR count). The standard InChI is InChI=1S/C18H16ClN3O2S/c1-24-14-8-6-13(7-9-14)22-11-10-20-18(22)25-12-17(23)21-16-5-3-2-4-15(16)19/h2-11H,12H2,1H3,(H,21,23). The number of hydrogen-bond acceptors (Lipinski definition) is 4. The number of methoxy groups -OCH3 is 1.